The predicted molar refractivity (Wildman–Crippen MR) is 106 cm³/mol. The fraction of sp³-hybridized carbons (Fsp3) is 0.286. The highest BCUT2D eigenvalue weighted by molar-refractivity contribution is 5.70. The second-order valence-electron chi connectivity index (χ2n) is 6.89. The molecule has 0 unspecified atom stereocenters. The third kappa shape index (κ3) is 4.79. The number of anilines is 1. The van der Waals surface area contributed by atoms with E-state index in [9.17, 15) is 13.2 Å². The number of nitrogen functional groups attached to an aromatic ring is 1. The zero-order valence-electron chi connectivity index (χ0n) is 16.7. The van der Waals surface area contributed by atoms with Crippen LogP contribution in [0.2, 0.25) is 0 Å². The van der Waals surface area contributed by atoms with Gasteiger partial charge < -0.3 is 15.2 Å². The summed E-state index contributed by atoms with van der Waals surface area (Å²) in [7, 11) is 1.48. The third-order valence-electron chi connectivity index (χ3n) is 4.42. The molecule has 0 aliphatic carbocycles. The highest BCUT2D eigenvalue weighted by Crippen LogP contribution is 2.34. The van der Waals surface area contributed by atoms with E-state index in [1.165, 1.54) is 31.6 Å². The lowest BCUT2D eigenvalue weighted by atomic mass is 9.95. The van der Waals surface area contributed by atoms with Gasteiger partial charge in [0.1, 0.15) is 0 Å². The summed E-state index contributed by atoms with van der Waals surface area (Å²) in [5, 5.41) is 0. The Morgan fingerprint density at radius 3 is 2.53 bits per heavy atom. The predicted octanol–water partition coefficient (Wildman–Crippen LogP) is 4.58. The maximum atomic E-state index is 13.8. The first-order chi connectivity index (χ1) is 14.3. The molecule has 0 saturated heterocycles. The number of nitrogens with zero attached hydrogens (tertiary/aromatic N) is 3. The van der Waals surface area contributed by atoms with Crippen LogP contribution in [0.3, 0.4) is 0 Å². The summed E-state index contributed by atoms with van der Waals surface area (Å²) in [6.45, 7) is 0.973. The van der Waals surface area contributed by atoms with Gasteiger partial charge in [0.05, 0.1) is 12.8 Å². The zero-order chi connectivity index (χ0) is 21.8. The van der Waals surface area contributed by atoms with Gasteiger partial charge in [0.2, 0.25) is 11.8 Å². The summed E-state index contributed by atoms with van der Waals surface area (Å²) in [6.07, 6.45) is 3.22. The van der Waals surface area contributed by atoms with Crippen molar-refractivity contribution >= 4 is 5.82 Å². The molecule has 0 bridgehead atoms. The van der Waals surface area contributed by atoms with Gasteiger partial charge in [-0.3, -0.25) is 0 Å². The van der Waals surface area contributed by atoms with Crippen molar-refractivity contribution in [3.05, 3.63) is 59.3 Å². The molecule has 0 aliphatic rings. The highest BCUT2D eigenvalue weighted by Gasteiger charge is 2.18. The average molecular weight is 418 g/mol. The van der Waals surface area contributed by atoms with Crippen LogP contribution in [0, 0.1) is 5.82 Å². The van der Waals surface area contributed by atoms with Gasteiger partial charge in [-0.1, -0.05) is 13.8 Å². The van der Waals surface area contributed by atoms with E-state index < -0.39 is 12.4 Å². The smallest absolute Gasteiger partial charge is 0.388 e. The van der Waals surface area contributed by atoms with E-state index >= 15 is 0 Å². The molecule has 0 aliphatic heterocycles. The van der Waals surface area contributed by atoms with Gasteiger partial charge in [0.15, 0.2) is 11.6 Å². The normalized spacial score (nSPS) is 11.2. The van der Waals surface area contributed by atoms with Crippen LogP contribution >= 0.6 is 0 Å². The summed E-state index contributed by atoms with van der Waals surface area (Å²) in [6, 6.07) is 6.20. The van der Waals surface area contributed by atoms with Gasteiger partial charge in [-0.05, 0) is 40.8 Å². The summed E-state index contributed by atoms with van der Waals surface area (Å²) in [5.74, 6) is -0.588. The largest absolute Gasteiger partial charge is 0.481 e. The van der Waals surface area contributed by atoms with Crippen LogP contribution in [0.15, 0.2) is 36.7 Å². The Hall–Kier alpha value is -3.36. The first kappa shape index (κ1) is 21.4. The van der Waals surface area contributed by atoms with Crippen molar-refractivity contribution in [2.75, 3.05) is 12.8 Å². The van der Waals surface area contributed by atoms with Crippen LogP contribution in [-0.2, 0) is 6.42 Å². The summed E-state index contributed by atoms with van der Waals surface area (Å²) in [4.78, 5) is 12.3. The Bertz CT molecular complexity index is 1040. The van der Waals surface area contributed by atoms with E-state index in [-0.39, 0.29) is 17.6 Å². The number of pyridine rings is 3. The standard InChI is InChI=1S/C21H21F3N4O2/c1-11(2)18-14(6-12-7-16(22)19(25)27-10-12)8-15(20(28-18)29-3)13-4-5-26-17(9-13)30-21(23)24/h4-5,7-11,21H,6H2,1-3H3,(H2,25,27). The first-order valence-electron chi connectivity index (χ1n) is 9.17. The highest BCUT2D eigenvalue weighted by atomic mass is 19.3. The SMILES string of the molecule is COc1nc(C(C)C)c(Cc2cnc(N)c(F)c2)cc1-c1ccnc(OC(F)F)c1. The van der Waals surface area contributed by atoms with Crippen molar-refractivity contribution in [3.8, 4) is 22.9 Å². The lowest BCUT2D eigenvalue weighted by molar-refractivity contribution is -0.0528. The van der Waals surface area contributed by atoms with Gasteiger partial charge in [-0.25, -0.2) is 19.3 Å². The molecule has 0 saturated carbocycles. The Balaban J connectivity index is 2.09. The number of aromatic nitrogens is 3. The van der Waals surface area contributed by atoms with Crippen LogP contribution in [0.25, 0.3) is 11.1 Å². The molecule has 0 atom stereocenters. The molecule has 3 aromatic rings. The molecule has 6 nitrogen and oxygen atoms in total. The van der Waals surface area contributed by atoms with Gasteiger partial charge in [-0.15, -0.1) is 0 Å². The zero-order valence-corrected chi connectivity index (χ0v) is 16.7. The van der Waals surface area contributed by atoms with E-state index in [0.717, 1.165) is 11.3 Å². The molecule has 3 rings (SSSR count). The molecule has 30 heavy (non-hydrogen) atoms. The number of ether oxygens (including phenoxy) is 2. The summed E-state index contributed by atoms with van der Waals surface area (Å²) in [5.41, 5.74) is 8.79. The second kappa shape index (κ2) is 8.98. The number of rotatable bonds is 7. The molecule has 0 radical (unpaired) electrons. The molecule has 3 aromatic heterocycles. The topological polar surface area (TPSA) is 83.2 Å². The van der Waals surface area contributed by atoms with Crippen molar-refractivity contribution in [2.45, 2.75) is 32.8 Å². The van der Waals surface area contributed by atoms with Crippen LogP contribution < -0.4 is 15.2 Å². The van der Waals surface area contributed by atoms with Gasteiger partial charge in [0.25, 0.3) is 0 Å². The number of nitrogens with two attached hydrogens (primary N) is 1. The van der Waals surface area contributed by atoms with Crippen LogP contribution in [0.4, 0.5) is 19.0 Å². The molecule has 9 heteroatoms. The van der Waals surface area contributed by atoms with E-state index in [2.05, 4.69) is 19.7 Å². The average Bonchev–Trinajstić information content (AvgIpc) is 2.70. The van der Waals surface area contributed by atoms with E-state index in [1.54, 1.807) is 6.07 Å². The molecular formula is C21H21F3N4O2. The monoisotopic (exact) mass is 418 g/mol. The van der Waals surface area contributed by atoms with Crippen LogP contribution in [-0.4, -0.2) is 28.7 Å². The van der Waals surface area contributed by atoms with Gasteiger partial charge >= 0.3 is 6.61 Å². The molecule has 0 spiro atoms. The van der Waals surface area contributed by atoms with E-state index in [4.69, 9.17) is 10.5 Å². The molecule has 158 valence electrons. The van der Waals surface area contributed by atoms with Gasteiger partial charge in [0, 0.05) is 30.4 Å². The minimum atomic E-state index is -2.99. The lowest BCUT2D eigenvalue weighted by Gasteiger charge is -2.17. The molecular weight excluding hydrogens is 397 g/mol. The van der Waals surface area contributed by atoms with Gasteiger partial charge in [-0.2, -0.15) is 8.78 Å². The Labute approximate surface area is 171 Å². The molecule has 0 aromatic carbocycles. The maximum absolute atomic E-state index is 13.8. The second-order valence-corrected chi connectivity index (χ2v) is 6.89. The fourth-order valence-corrected chi connectivity index (χ4v) is 3.09. The number of hydrogen-bond acceptors (Lipinski definition) is 6. The number of methoxy groups -OCH3 is 1. The molecule has 0 amide bonds. The van der Waals surface area contributed by atoms with Crippen molar-refractivity contribution in [1.82, 2.24) is 15.0 Å². The summed E-state index contributed by atoms with van der Waals surface area (Å²) >= 11 is 0. The Morgan fingerprint density at radius 2 is 1.90 bits per heavy atom. The van der Waals surface area contributed by atoms with E-state index in [0.29, 0.717) is 29.0 Å². The van der Waals surface area contributed by atoms with Crippen molar-refractivity contribution in [2.24, 2.45) is 0 Å². The summed E-state index contributed by atoms with van der Waals surface area (Å²) < 4.78 is 48.8. The first-order valence-corrected chi connectivity index (χ1v) is 9.17. The molecule has 3 heterocycles. The Morgan fingerprint density at radius 1 is 1.13 bits per heavy atom. The van der Waals surface area contributed by atoms with Crippen molar-refractivity contribution in [1.29, 1.82) is 0 Å². The van der Waals surface area contributed by atoms with E-state index in [1.807, 2.05) is 19.9 Å². The Kier molecular flexibility index (Phi) is 6.39. The maximum Gasteiger partial charge on any atom is 0.388 e. The quantitative estimate of drug-likeness (QED) is 0.605. The lowest BCUT2D eigenvalue weighted by Crippen LogP contribution is -2.06. The molecule has 2 N–H and O–H groups in total. The van der Waals surface area contributed by atoms with Crippen molar-refractivity contribution in [3.63, 3.8) is 0 Å². The number of alkyl halides is 2. The number of hydrogen-bond donors (Lipinski definition) is 1. The van der Waals surface area contributed by atoms with Crippen LogP contribution in [0.5, 0.6) is 11.8 Å². The molecule has 0 fully saturated rings. The minimum Gasteiger partial charge on any atom is -0.481 e. The van der Waals surface area contributed by atoms with Crippen LogP contribution in [0.1, 0.15) is 36.6 Å². The number of halogens is 3. The third-order valence-corrected chi connectivity index (χ3v) is 4.42. The fourth-order valence-electron chi connectivity index (χ4n) is 3.09. The van der Waals surface area contributed by atoms with Crippen molar-refractivity contribution < 1.29 is 22.6 Å². The minimum absolute atomic E-state index is 0.0599.